The van der Waals surface area contributed by atoms with Crippen LogP contribution in [-0.2, 0) is 4.74 Å². The van der Waals surface area contributed by atoms with E-state index < -0.39 is 11.6 Å². The molecule has 0 spiro atoms. The molecule has 2 rings (SSSR count). The van der Waals surface area contributed by atoms with Crippen molar-refractivity contribution in [1.82, 2.24) is 5.32 Å². The van der Waals surface area contributed by atoms with Gasteiger partial charge in [0.05, 0.1) is 19.3 Å². The maximum atomic E-state index is 13.3. The first kappa shape index (κ1) is 12.4. The Hall–Kier alpha value is -0.710. The number of morpholine rings is 1. The minimum atomic E-state index is -0.553. The minimum Gasteiger partial charge on any atom is -0.378 e. The normalized spacial score (nSPS) is 20.8. The Kier molecular flexibility index (Phi) is 4.45. The summed E-state index contributed by atoms with van der Waals surface area (Å²) in [6.07, 6.45) is 0. The number of hydrogen-bond donors (Lipinski definition) is 1. The zero-order valence-corrected chi connectivity index (χ0v) is 8.82. The van der Waals surface area contributed by atoms with E-state index >= 15 is 0 Å². The van der Waals surface area contributed by atoms with Gasteiger partial charge < -0.3 is 10.1 Å². The highest BCUT2D eigenvalue weighted by Gasteiger charge is 2.18. The molecule has 1 saturated heterocycles. The van der Waals surface area contributed by atoms with Crippen molar-refractivity contribution >= 4 is 12.4 Å². The van der Waals surface area contributed by atoms with E-state index in [1.807, 2.05) is 0 Å². The number of halogens is 3. The van der Waals surface area contributed by atoms with Crippen molar-refractivity contribution in [1.29, 1.82) is 0 Å². The van der Waals surface area contributed by atoms with Gasteiger partial charge in [0.25, 0.3) is 0 Å². The van der Waals surface area contributed by atoms with Crippen molar-refractivity contribution in [3.63, 3.8) is 0 Å². The molecule has 5 heteroatoms. The van der Waals surface area contributed by atoms with E-state index in [1.54, 1.807) is 0 Å². The number of nitrogens with one attached hydrogen (secondary N) is 1. The van der Waals surface area contributed by atoms with Crippen molar-refractivity contribution < 1.29 is 13.5 Å². The summed E-state index contributed by atoms with van der Waals surface area (Å²) in [5.74, 6) is -1.07. The standard InChI is InChI=1S/C10H11F2NO.ClH/c11-7-1-2-8(9(12)5-7)10-6-14-4-3-13-10;/h1-2,5,10,13H,3-4,6H2;1H/t10-;/m1./s1. The molecule has 1 aliphatic heterocycles. The highest BCUT2D eigenvalue weighted by Crippen LogP contribution is 2.19. The lowest BCUT2D eigenvalue weighted by Gasteiger charge is -2.24. The molecule has 0 aromatic heterocycles. The summed E-state index contributed by atoms with van der Waals surface area (Å²) in [6.45, 7) is 1.77. The van der Waals surface area contributed by atoms with E-state index in [2.05, 4.69) is 5.32 Å². The van der Waals surface area contributed by atoms with E-state index in [4.69, 9.17) is 4.74 Å². The van der Waals surface area contributed by atoms with Crippen LogP contribution in [0.2, 0.25) is 0 Å². The van der Waals surface area contributed by atoms with Crippen LogP contribution in [0.1, 0.15) is 11.6 Å². The van der Waals surface area contributed by atoms with Crippen LogP contribution in [0.25, 0.3) is 0 Å². The monoisotopic (exact) mass is 235 g/mol. The third-order valence-corrected chi connectivity index (χ3v) is 2.26. The zero-order chi connectivity index (χ0) is 9.97. The Morgan fingerprint density at radius 2 is 2.13 bits per heavy atom. The molecule has 1 N–H and O–H groups in total. The molecule has 0 unspecified atom stereocenters. The lowest BCUT2D eigenvalue weighted by Crippen LogP contribution is -2.35. The van der Waals surface area contributed by atoms with Crippen LogP contribution in [0.15, 0.2) is 18.2 Å². The number of benzene rings is 1. The highest BCUT2D eigenvalue weighted by atomic mass is 35.5. The molecule has 0 saturated carbocycles. The van der Waals surface area contributed by atoms with E-state index in [1.165, 1.54) is 12.1 Å². The molecule has 0 bridgehead atoms. The zero-order valence-electron chi connectivity index (χ0n) is 8.00. The van der Waals surface area contributed by atoms with Crippen molar-refractivity contribution in [2.75, 3.05) is 19.8 Å². The molecule has 1 aliphatic rings. The van der Waals surface area contributed by atoms with E-state index in [0.29, 0.717) is 25.3 Å². The fourth-order valence-corrected chi connectivity index (χ4v) is 1.55. The summed E-state index contributed by atoms with van der Waals surface area (Å²) in [4.78, 5) is 0. The van der Waals surface area contributed by atoms with Crippen LogP contribution >= 0.6 is 12.4 Å². The van der Waals surface area contributed by atoms with Gasteiger partial charge in [-0.15, -0.1) is 12.4 Å². The molecule has 1 aromatic carbocycles. The maximum absolute atomic E-state index is 13.3. The summed E-state index contributed by atoms with van der Waals surface area (Å²) in [7, 11) is 0. The largest absolute Gasteiger partial charge is 0.378 e. The maximum Gasteiger partial charge on any atom is 0.130 e. The fourth-order valence-electron chi connectivity index (χ4n) is 1.55. The predicted octanol–water partition coefficient (Wildman–Crippen LogP) is 2.05. The topological polar surface area (TPSA) is 21.3 Å². The van der Waals surface area contributed by atoms with Gasteiger partial charge in [0, 0.05) is 18.2 Å². The second-order valence-electron chi connectivity index (χ2n) is 3.25. The molecule has 2 nitrogen and oxygen atoms in total. The highest BCUT2D eigenvalue weighted by molar-refractivity contribution is 5.85. The van der Waals surface area contributed by atoms with E-state index in [0.717, 1.165) is 6.07 Å². The molecule has 15 heavy (non-hydrogen) atoms. The molecule has 1 atom stereocenters. The van der Waals surface area contributed by atoms with Gasteiger partial charge in [-0.05, 0) is 6.07 Å². The van der Waals surface area contributed by atoms with Gasteiger partial charge in [0.1, 0.15) is 11.6 Å². The van der Waals surface area contributed by atoms with Crippen LogP contribution in [0.4, 0.5) is 8.78 Å². The molecular formula is C10H12ClF2NO. The van der Waals surface area contributed by atoms with Gasteiger partial charge >= 0.3 is 0 Å². The van der Waals surface area contributed by atoms with Crippen molar-refractivity contribution in [3.05, 3.63) is 35.4 Å². The molecule has 1 fully saturated rings. The quantitative estimate of drug-likeness (QED) is 0.805. The van der Waals surface area contributed by atoms with Crippen LogP contribution < -0.4 is 5.32 Å². The minimum absolute atomic E-state index is 0. The average molecular weight is 236 g/mol. The van der Waals surface area contributed by atoms with Gasteiger partial charge in [-0.2, -0.15) is 0 Å². The number of ether oxygens (including phenoxy) is 1. The lowest BCUT2D eigenvalue weighted by atomic mass is 10.1. The number of rotatable bonds is 1. The Labute approximate surface area is 93.0 Å². The molecule has 84 valence electrons. The first-order chi connectivity index (χ1) is 6.77. The second kappa shape index (κ2) is 5.39. The van der Waals surface area contributed by atoms with Crippen molar-refractivity contribution in [2.45, 2.75) is 6.04 Å². The fraction of sp³-hybridized carbons (Fsp3) is 0.400. The number of hydrogen-bond acceptors (Lipinski definition) is 2. The molecule has 0 radical (unpaired) electrons. The lowest BCUT2D eigenvalue weighted by molar-refractivity contribution is 0.0757. The Morgan fingerprint density at radius 1 is 1.33 bits per heavy atom. The summed E-state index contributed by atoms with van der Waals surface area (Å²) in [5.41, 5.74) is 0.464. The summed E-state index contributed by atoms with van der Waals surface area (Å²) < 4.78 is 31.1. The smallest absolute Gasteiger partial charge is 0.130 e. The van der Waals surface area contributed by atoms with E-state index in [9.17, 15) is 8.78 Å². The van der Waals surface area contributed by atoms with Crippen LogP contribution in [0.5, 0.6) is 0 Å². The molecule has 1 heterocycles. The predicted molar refractivity (Wildman–Crippen MR) is 55.2 cm³/mol. The third-order valence-electron chi connectivity index (χ3n) is 2.26. The molecule has 0 aliphatic carbocycles. The molecule has 1 aromatic rings. The van der Waals surface area contributed by atoms with Gasteiger partial charge in [-0.25, -0.2) is 8.78 Å². The van der Waals surface area contributed by atoms with E-state index in [-0.39, 0.29) is 18.4 Å². The Balaban J connectivity index is 0.00000112. The second-order valence-corrected chi connectivity index (χ2v) is 3.25. The first-order valence-electron chi connectivity index (χ1n) is 4.53. The Bertz CT molecular complexity index is 329. The van der Waals surface area contributed by atoms with Gasteiger partial charge in [0.2, 0.25) is 0 Å². The third kappa shape index (κ3) is 2.87. The first-order valence-corrected chi connectivity index (χ1v) is 4.53. The summed E-state index contributed by atoms with van der Waals surface area (Å²) >= 11 is 0. The van der Waals surface area contributed by atoms with Crippen LogP contribution in [0.3, 0.4) is 0 Å². The van der Waals surface area contributed by atoms with Gasteiger partial charge in [-0.3, -0.25) is 0 Å². The Morgan fingerprint density at radius 3 is 2.73 bits per heavy atom. The van der Waals surface area contributed by atoms with Crippen LogP contribution in [-0.4, -0.2) is 19.8 Å². The van der Waals surface area contributed by atoms with Crippen molar-refractivity contribution in [3.8, 4) is 0 Å². The average Bonchev–Trinajstić information content (AvgIpc) is 2.19. The van der Waals surface area contributed by atoms with Gasteiger partial charge in [-0.1, -0.05) is 6.07 Å². The van der Waals surface area contributed by atoms with Crippen molar-refractivity contribution in [2.24, 2.45) is 0 Å². The SMILES string of the molecule is Cl.Fc1ccc([C@H]2COCCN2)c(F)c1. The van der Waals surface area contributed by atoms with Gasteiger partial charge in [0.15, 0.2) is 0 Å². The molecule has 0 amide bonds. The van der Waals surface area contributed by atoms with Crippen LogP contribution in [0, 0.1) is 11.6 Å². The summed E-state index contributed by atoms with van der Waals surface area (Å²) in [5, 5.41) is 3.11. The summed E-state index contributed by atoms with van der Waals surface area (Å²) in [6, 6.07) is 3.45. The molecular weight excluding hydrogens is 224 g/mol.